The maximum absolute atomic E-state index is 13.9. The van der Waals surface area contributed by atoms with E-state index in [0.29, 0.717) is 11.3 Å². The molecule has 0 unspecified atom stereocenters. The van der Waals surface area contributed by atoms with Gasteiger partial charge in [-0.15, -0.1) is 0 Å². The molecule has 0 aliphatic carbocycles. The molecule has 0 aliphatic heterocycles. The van der Waals surface area contributed by atoms with Crippen molar-refractivity contribution in [2.45, 2.75) is 13.8 Å². The van der Waals surface area contributed by atoms with E-state index in [1.165, 1.54) is 12.1 Å². The molecule has 0 aliphatic rings. The van der Waals surface area contributed by atoms with Crippen LogP contribution >= 0.6 is 15.9 Å². The molecule has 2 aromatic rings. The van der Waals surface area contributed by atoms with Crippen LogP contribution in [-0.2, 0) is 0 Å². The van der Waals surface area contributed by atoms with E-state index in [9.17, 15) is 4.39 Å². The summed E-state index contributed by atoms with van der Waals surface area (Å²) in [5.74, 6) is -0.0458. The first kappa shape index (κ1) is 14.5. The fourth-order valence-corrected chi connectivity index (χ4v) is 2.07. The third kappa shape index (κ3) is 2.99. The highest BCUT2D eigenvalue weighted by molar-refractivity contribution is 9.10. The first-order valence-electron chi connectivity index (χ1n) is 5.97. The Labute approximate surface area is 125 Å². The normalized spacial score (nSPS) is 10.4. The second-order valence-corrected chi connectivity index (χ2v) is 5.32. The second-order valence-electron chi connectivity index (χ2n) is 4.53. The molecule has 104 valence electrons. The second kappa shape index (κ2) is 5.63. The summed E-state index contributed by atoms with van der Waals surface area (Å²) in [7, 11) is 0. The van der Waals surface area contributed by atoms with Crippen molar-refractivity contribution in [1.29, 1.82) is 5.41 Å². The molecule has 20 heavy (non-hydrogen) atoms. The predicted molar refractivity (Wildman–Crippen MR) is 81.1 cm³/mol. The molecule has 0 spiro atoms. The quantitative estimate of drug-likeness (QED) is 0.649. The summed E-state index contributed by atoms with van der Waals surface area (Å²) < 4.78 is 20.5. The lowest BCUT2D eigenvalue weighted by Gasteiger charge is -2.11. The van der Waals surface area contributed by atoms with Gasteiger partial charge in [0.25, 0.3) is 0 Å². The number of nitrogens with one attached hydrogen (secondary N) is 1. The highest BCUT2D eigenvalue weighted by Crippen LogP contribution is 2.30. The highest BCUT2D eigenvalue weighted by Gasteiger charge is 2.09. The van der Waals surface area contributed by atoms with Crippen molar-refractivity contribution in [3.63, 3.8) is 0 Å². The smallest absolute Gasteiger partial charge is 0.166 e. The van der Waals surface area contributed by atoms with Gasteiger partial charge in [0.05, 0.1) is 0 Å². The number of ether oxygens (including phenoxy) is 1. The Morgan fingerprint density at radius 3 is 2.30 bits per heavy atom. The molecule has 0 saturated carbocycles. The van der Waals surface area contributed by atoms with Gasteiger partial charge in [-0.25, -0.2) is 4.39 Å². The number of aryl methyl sites for hydroxylation is 2. The van der Waals surface area contributed by atoms with Gasteiger partial charge < -0.3 is 10.5 Å². The van der Waals surface area contributed by atoms with Gasteiger partial charge in [0.1, 0.15) is 11.6 Å². The number of nitrogen functional groups attached to an aromatic ring is 1. The van der Waals surface area contributed by atoms with Gasteiger partial charge in [0.2, 0.25) is 0 Å². The van der Waals surface area contributed by atoms with E-state index >= 15 is 0 Å². The fraction of sp³-hybridized carbons (Fsp3) is 0.133. The predicted octanol–water partition coefficient (Wildman–Crippen LogP) is 4.28. The van der Waals surface area contributed by atoms with Crippen LogP contribution in [0, 0.1) is 25.1 Å². The van der Waals surface area contributed by atoms with E-state index in [1.54, 1.807) is 6.07 Å². The topological polar surface area (TPSA) is 59.1 Å². The Kier molecular flexibility index (Phi) is 4.09. The zero-order valence-electron chi connectivity index (χ0n) is 11.1. The summed E-state index contributed by atoms with van der Waals surface area (Å²) in [6.07, 6.45) is 0. The number of amidine groups is 1. The number of hydrogen-bond donors (Lipinski definition) is 2. The largest absolute Gasteiger partial charge is 0.454 e. The van der Waals surface area contributed by atoms with Crippen molar-refractivity contribution in [3.05, 3.63) is 57.3 Å². The van der Waals surface area contributed by atoms with Crippen LogP contribution in [0.25, 0.3) is 0 Å². The molecular weight excluding hydrogens is 323 g/mol. The number of nitrogens with two attached hydrogens (primary N) is 1. The molecule has 0 bridgehead atoms. The molecule has 3 nitrogen and oxygen atoms in total. The van der Waals surface area contributed by atoms with Crippen LogP contribution in [0.5, 0.6) is 11.5 Å². The molecule has 0 fully saturated rings. The van der Waals surface area contributed by atoms with Gasteiger partial charge in [-0.3, -0.25) is 5.41 Å². The van der Waals surface area contributed by atoms with Gasteiger partial charge in [0.15, 0.2) is 11.6 Å². The van der Waals surface area contributed by atoms with Crippen molar-refractivity contribution < 1.29 is 9.13 Å². The van der Waals surface area contributed by atoms with Crippen molar-refractivity contribution in [2.75, 3.05) is 0 Å². The molecule has 2 rings (SSSR count). The van der Waals surface area contributed by atoms with Gasteiger partial charge in [0, 0.05) is 10.0 Å². The standard InChI is InChI=1S/C15H14BrFN2O/c1-8-5-11(6-9(2)14(8)16)20-13-4-3-10(15(18)19)7-12(13)17/h3-7H,1-2H3,(H3,18,19). The number of hydrogen-bond acceptors (Lipinski definition) is 2. The molecule has 0 radical (unpaired) electrons. The van der Waals surface area contributed by atoms with Crippen molar-refractivity contribution >= 4 is 21.8 Å². The molecule has 0 amide bonds. The van der Waals surface area contributed by atoms with Crippen LogP contribution in [0.15, 0.2) is 34.8 Å². The monoisotopic (exact) mass is 336 g/mol. The molecule has 5 heteroatoms. The minimum atomic E-state index is -0.545. The number of benzene rings is 2. The average Bonchev–Trinajstić information content (AvgIpc) is 2.38. The third-order valence-corrected chi connectivity index (χ3v) is 4.13. The summed E-state index contributed by atoms with van der Waals surface area (Å²) in [4.78, 5) is 0. The van der Waals surface area contributed by atoms with Gasteiger partial charge >= 0.3 is 0 Å². The van der Waals surface area contributed by atoms with Gasteiger partial charge in [-0.05, 0) is 55.3 Å². The Morgan fingerprint density at radius 1 is 1.20 bits per heavy atom. The molecule has 0 saturated heterocycles. The first-order chi connectivity index (χ1) is 9.38. The Bertz CT molecular complexity index is 663. The van der Waals surface area contributed by atoms with Crippen LogP contribution in [0.1, 0.15) is 16.7 Å². The highest BCUT2D eigenvalue weighted by atomic mass is 79.9. The fourth-order valence-electron chi connectivity index (χ4n) is 1.84. The lowest BCUT2D eigenvalue weighted by atomic mass is 10.1. The summed E-state index contributed by atoms with van der Waals surface area (Å²) in [5, 5.41) is 7.27. The zero-order valence-corrected chi connectivity index (χ0v) is 12.7. The third-order valence-electron chi connectivity index (χ3n) is 2.88. The lowest BCUT2D eigenvalue weighted by molar-refractivity contribution is 0.441. The van der Waals surface area contributed by atoms with Gasteiger partial charge in [-0.1, -0.05) is 15.9 Å². The maximum Gasteiger partial charge on any atom is 0.166 e. The molecule has 3 N–H and O–H groups in total. The van der Waals surface area contributed by atoms with Crippen LogP contribution in [0.4, 0.5) is 4.39 Å². The Balaban J connectivity index is 2.33. The van der Waals surface area contributed by atoms with Crippen molar-refractivity contribution in [1.82, 2.24) is 0 Å². The molecular formula is C15H14BrFN2O. The summed E-state index contributed by atoms with van der Waals surface area (Å²) in [6, 6.07) is 7.87. The number of rotatable bonds is 3. The summed E-state index contributed by atoms with van der Waals surface area (Å²) >= 11 is 3.47. The van der Waals surface area contributed by atoms with Crippen LogP contribution in [0.2, 0.25) is 0 Å². The van der Waals surface area contributed by atoms with E-state index in [1.807, 2.05) is 26.0 Å². The maximum atomic E-state index is 13.9. The zero-order chi connectivity index (χ0) is 14.9. The van der Waals surface area contributed by atoms with Crippen molar-refractivity contribution in [3.8, 4) is 11.5 Å². The Hall–Kier alpha value is -1.88. The van der Waals surface area contributed by atoms with Crippen LogP contribution in [0.3, 0.4) is 0 Å². The van der Waals surface area contributed by atoms with Crippen LogP contribution < -0.4 is 10.5 Å². The minimum Gasteiger partial charge on any atom is -0.454 e. The van der Waals surface area contributed by atoms with Gasteiger partial charge in [-0.2, -0.15) is 0 Å². The Morgan fingerprint density at radius 2 is 1.80 bits per heavy atom. The molecule has 0 heterocycles. The summed E-state index contributed by atoms with van der Waals surface area (Å²) in [5.41, 5.74) is 7.67. The number of halogens is 2. The molecule has 2 aromatic carbocycles. The van der Waals surface area contributed by atoms with E-state index in [0.717, 1.165) is 15.6 Å². The SMILES string of the molecule is Cc1cc(Oc2ccc(C(=N)N)cc2F)cc(C)c1Br. The van der Waals surface area contributed by atoms with Crippen molar-refractivity contribution in [2.24, 2.45) is 5.73 Å². The molecule has 0 atom stereocenters. The molecule has 0 aromatic heterocycles. The van der Waals surface area contributed by atoms with E-state index in [-0.39, 0.29) is 11.6 Å². The van der Waals surface area contributed by atoms with Crippen LogP contribution in [-0.4, -0.2) is 5.84 Å². The average molecular weight is 337 g/mol. The van der Waals surface area contributed by atoms with E-state index in [4.69, 9.17) is 15.9 Å². The first-order valence-corrected chi connectivity index (χ1v) is 6.76. The van der Waals surface area contributed by atoms with E-state index < -0.39 is 5.82 Å². The van der Waals surface area contributed by atoms with E-state index in [2.05, 4.69) is 15.9 Å². The summed E-state index contributed by atoms with van der Waals surface area (Å²) in [6.45, 7) is 3.89. The lowest BCUT2D eigenvalue weighted by Crippen LogP contribution is -2.11. The minimum absolute atomic E-state index is 0.108.